The summed E-state index contributed by atoms with van der Waals surface area (Å²) in [6.07, 6.45) is 2.80. The van der Waals surface area contributed by atoms with Gasteiger partial charge in [-0.1, -0.05) is 0 Å². The van der Waals surface area contributed by atoms with Gasteiger partial charge in [0.25, 0.3) is 5.95 Å². The van der Waals surface area contributed by atoms with Crippen LogP contribution < -0.4 is 10.5 Å². The van der Waals surface area contributed by atoms with Crippen LogP contribution in [0.4, 0.5) is 5.69 Å². The van der Waals surface area contributed by atoms with Gasteiger partial charge in [-0.3, -0.25) is 0 Å². The van der Waals surface area contributed by atoms with Crippen LogP contribution in [0, 0.1) is 0 Å². The smallest absolute Gasteiger partial charge is 0.358 e. The molecule has 2 rings (SSSR count). The monoisotopic (exact) mass is 235 g/mol. The minimum atomic E-state index is -1.20. The summed E-state index contributed by atoms with van der Waals surface area (Å²) in [6, 6.07) is 1.56. The summed E-state index contributed by atoms with van der Waals surface area (Å²) in [5.41, 5.74) is 5.31. The van der Waals surface area contributed by atoms with Crippen LogP contribution in [0.1, 0.15) is 10.5 Å². The van der Waals surface area contributed by atoms with Gasteiger partial charge in [0.2, 0.25) is 5.88 Å². The summed E-state index contributed by atoms with van der Waals surface area (Å²) in [6.45, 7) is 0. The first-order valence-corrected chi connectivity index (χ1v) is 4.57. The third-order valence-corrected chi connectivity index (χ3v) is 1.98. The van der Waals surface area contributed by atoms with E-state index >= 15 is 0 Å². The van der Waals surface area contributed by atoms with Gasteiger partial charge >= 0.3 is 5.97 Å². The maximum Gasteiger partial charge on any atom is 0.358 e. The number of hydrogen-bond donors (Lipinski definition) is 2. The number of methoxy groups -OCH3 is 1. The van der Waals surface area contributed by atoms with E-state index in [-0.39, 0.29) is 17.3 Å². The van der Waals surface area contributed by atoms with Crippen LogP contribution in [-0.2, 0) is 0 Å². The molecular formula is C9H9N5O3. The van der Waals surface area contributed by atoms with E-state index in [1.165, 1.54) is 24.2 Å². The molecule has 0 aliphatic heterocycles. The molecule has 0 spiro atoms. The summed E-state index contributed by atoms with van der Waals surface area (Å²) in [7, 11) is 1.46. The molecule has 17 heavy (non-hydrogen) atoms. The second-order valence-corrected chi connectivity index (χ2v) is 3.08. The van der Waals surface area contributed by atoms with E-state index in [4.69, 9.17) is 15.6 Å². The van der Waals surface area contributed by atoms with Crippen LogP contribution in [-0.4, -0.2) is 37.9 Å². The molecule has 88 valence electrons. The molecule has 0 aromatic carbocycles. The zero-order chi connectivity index (χ0) is 12.4. The standard InChI is InChI=1S/C9H9N5O3/c1-17-6-2-3-11-9(12-6)14-4-5(10)7(13-14)8(15)16/h2-4H,10H2,1H3,(H,15,16). The lowest BCUT2D eigenvalue weighted by atomic mass is 10.4. The molecule has 3 N–H and O–H groups in total. The summed E-state index contributed by atoms with van der Waals surface area (Å²) in [5.74, 6) is -0.673. The number of hydrogen-bond acceptors (Lipinski definition) is 6. The van der Waals surface area contributed by atoms with Crippen molar-refractivity contribution in [3.8, 4) is 11.8 Å². The Morgan fingerprint density at radius 1 is 1.59 bits per heavy atom. The van der Waals surface area contributed by atoms with Gasteiger partial charge in [-0.15, -0.1) is 0 Å². The van der Waals surface area contributed by atoms with Gasteiger partial charge in [-0.25, -0.2) is 14.5 Å². The summed E-state index contributed by atoms with van der Waals surface area (Å²) >= 11 is 0. The quantitative estimate of drug-likeness (QED) is 0.766. The molecular weight excluding hydrogens is 226 g/mol. The number of carbonyl (C=O) groups is 1. The Bertz CT molecular complexity index is 566. The largest absolute Gasteiger partial charge is 0.481 e. The molecule has 0 saturated carbocycles. The van der Waals surface area contributed by atoms with Gasteiger partial charge in [0.15, 0.2) is 5.69 Å². The molecule has 0 aliphatic rings. The minimum Gasteiger partial charge on any atom is -0.481 e. The molecule has 2 aromatic rings. The molecule has 0 saturated heterocycles. The number of nitrogen functional groups attached to an aromatic ring is 1. The number of rotatable bonds is 3. The molecule has 2 heterocycles. The molecule has 0 aliphatic carbocycles. The van der Waals surface area contributed by atoms with Crippen molar-refractivity contribution >= 4 is 11.7 Å². The van der Waals surface area contributed by atoms with Crippen molar-refractivity contribution in [3.63, 3.8) is 0 Å². The Hall–Kier alpha value is -2.64. The van der Waals surface area contributed by atoms with Crippen molar-refractivity contribution in [1.29, 1.82) is 0 Å². The predicted octanol–water partition coefficient (Wildman–Crippen LogP) is -0.0487. The molecule has 8 nitrogen and oxygen atoms in total. The Morgan fingerprint density at radius 2 is 2.35 bits per heavy atom. The Morgan fingerprint density at radius 3 is 2.94 bits per heavy atom. The summed E-state index contributed by atoms with van der Waals surface area (Å²) in [5, 5.41) is 12.6. The van der Waals surface area contributed by atoms with Crippen LogP contribution in [0.25, 0.3) is 5.95 Å². The number of ether oxygens (including phenoxy) is 1. The van der Waals surface area contributed by atoms with Crippen molar-refractivity contribution in [3.05, 3.63) is 24.2 Å². The average molecular weight is 235 g/mol. The SMILES string of the molecule is COc1ccnc(-n2cc(N)c(C(=O)O)n2)n1. The molecule has 2 aromatic heterocycles. The molecule has 0 amide bonds. The number of anilines is 1. The molecule has 8 heteroatoms. The molecule has 0 radical (unpaired) electrons. The third kappa shape index (κ3) is 2.00. The topological polar surface area (TPSA) is 116 Å². The highest BCUT2D eigenvalue weighted by atomic mass is 16.5. The van der Waals surface area contributed by atoms with Gasteiger partial charge in [-0.05, 0) is 0 Å². The lowest BCUT2D eigenvalue weighted by Crippen LogP contribution is -2.05. The predicted molar refractivity (Wildman–Crippen MR) is 57.1 cm³/mol. The van der Waals surface area contributed by atoms with Crippen LogP contribution >= 0.6 is 0 Å². The maximum absolute atomic E-state index is 10.8. The maximum atomic E-state index is 10.8. The lowest BCUT2D eigenvalue weighted by molar-refractivity contribution is 0.0691. The molecule has 0 fully saturated rings. The van der Waals surface area contributed by atoms with Crippen molar-refractivity contribution in [2.24, 2.45) is 0 Å². The van der Waals surface area contributed by atoms with Gasteiger partial charge in [0, 0.05) is 12.3 Å². The fraction of sp³-hybridized carbons (Fsp3) is 0.111. The first-order chi connectivity index (χ1) is 8.11. The summed E-state index contributed by atoms with van der Waals surface area (Å²) < 4.78 is 6.10. The van der Waals surface area contributed by atoms with Crippen LogP contribution in [0.2, 0.25) is 0 Å². The van der Waals surface area contributed by atoms with E-state index in [9.17, 15) is 4.79 Å². The van der Waals surface area contributed by atoms with Gasteiger partial charge in [0.1, 0.15) is 0 Å². The second kappa shape index (κ2) is 4.08. The Kier molecular flexibility index (Phi) is 2.61. The first-order valence-electron chi connectivity index (χ1n) is 4.57. The van der Waals surface area contributed by atoms with Crippen molar-refractivity contribution in [2.75, 3.05) is 12.8 Å². The van der Waals surface area contributed by atoms with Crippen LogP contribution in [0.5, 0.6) is 5.88 Å². The Balaban J connectivity index is 2.46. The lowest BCUT2D eigenvalue weighted by Gasteiger charge is -2.01. The zero-order valence-corrected chi connectivity index (χ0v) is 8.86. The van der Waals surface area contributed by atoms with E-state index in [0.29, 0.717) is 5.88 Å². The fourth-order valence-corrected chi connectivity index (χ4v) is 1.21. The fourth-order valence-electron chi connectivity index (χ4n) is 1.21. The normalized spacial score (nSPS) is 10.2. The van der Waals surface area contributed by atoms with Gasteiger partial charge in [-0.2, -0.15) is 10.1 Å². The number of carboxylic acid groups (broad SMARTS) is 1. The van der Waals surface area contributed by atoms with Crippen LogP contribution in [0.3, 0.4) is 0 Å². The highest BCUT2D eigenvalue weighted by Gasteiger charge is 2.15. The number of nitrogens with two attached hydrogens (primary N) is 1. The highest BCUT2D eigenvalue weighted by molar-refractivity contribution is 5.91. The van der Waals surface area contributed by atoms with E-state index in [1.807, 2.05) is 0 Å². The number of aromatic carboxylic acids is 1. The van der Waals surface area contributed by atoms with Crippen molar-refractivity contribution in [2.45, 2.75) is 0 Å². The van der Waals surface area contributed by atoms with E-state index in [2.05, 4.69) is 15.1 Å². The van der Waals surface area contributed by atoms with E-state index in [1.54, 1.807) is 6.07 Å². The second-order valence-electron chi connectivity index (χ2n) is 3.08. The first kappa shape index (κ1) is 10.9. The summed E-state index contributed by atoms with van der Waals surface area (Å²) in [4.78, 5) is 18.7. The number of aromatic nitrogens is 4. The number of carboxylic acids is 1. The van der Waals surface area contributed by atoms with E-state index in [0.717, 1.165) is 0 Å². The Labute approximate surface area is 95.7 Å². The zero-order valence-electron chi connectivity index (χ0n) is 8.86. The molecule has 0 unspecified atom stereocenters. The van der Waals surface area contributed by atoms with Gasteiger partial charge < -0.3 is 15.6 Å². The molecule has 0 bridgehead atoms. The van der Waals surface area contributed by atoms with Crippen molar-refractivity contribution in [1.82, 2.24) is 19.7 Å². The van der Waals surface area contributed by atoms with Gasteiger partial charge in [0.05, 0.1) is 19.0 Å². The minimum absolute atomic E-state index is 0.0453. The molecule has 0 atom stereocenters. The highest BCUT2D eigenvalue weighted by Crippen LogP contribution is 2.13. The van der Waals surface area contributed by atoms with Crippen LogP contribution in [0.15, 0.2) is 18.5 Å². The third-order valence-electron chi connectivity index (χ3n) is 1.98. The number of nitrogens with zero attached hydrogens (tertiary/aromatic N) is 4. The average Bonchev–Trinajstić information content (AvgIpc) is 2.71. The van der Waals surface area contributed by atoms with Crippen molar-refractivity contribution < 1.29 is 14.6 Å². The van der Waals surface area contributed by atoms with E-state index < -0.39 is 5.97 Å².